The Kier molecular flexibility index (Phi) is 3.21. The average Bonchev–Trinajstić information content (AvgIpc) is 2.72. The van der Waals surface area contributed by atoms with E-state index < -0.39 is 0 Å². The summed E-state index contributed by atoms with van der Waals surface area (Å²) in [5.74, 6) is 0. The van der Waals surface area contributed by atoms with Gasteiger partial charge in [-0.3, -0.25) is 0 Å². The molecular formula is C9H17N3O2. The van der Waals surface area contributed by atoms with Crippen molar-refractivity contribution in [3.8, 4) is 0 Å². The molecule has 2 N–H and O–H groups in total. The van der Waals surface area contributed by atoms with Crippen LogP contribution in [0.4, 0.5) is 4.79 Å². The molecule has 1 atom stereocenters. The van der Waals surface area contributed by atoms with Crippen molar-refractivity contribution in [2.45, 2.75) is 19.1 Å². The largest absolute Gasteiger partial charge is 0.356 e. The van der Waals surface area contributed by atoms with Gasteiger partial charge in [0.15, 0.2) is 0 Å². The Labute approximate surface area is 83.8 Å². The number of carbonyl (C=O) groups excluding carboxylic acids is 1. The summed E-state index contributed by atoms with van der Waals surface area (Å²) in [5, 5.41) is 6.04. The van der Waals surface area contributed by atoms with Crippen LogP contribution < -0.4 is 10.6 Å². The Morgan fingerprint density at radius 2 is 2.21 bits per heavy atom. The molecule has 2 amide bonds. The molecule has 2 fully saturated rings. The molecule has 0 aromatic carbocycles. The Hall–Kier alpha value is -0.810. The van der Waals surface area contributed by atoms with Gasteiger partial charge in [-0.2, -0.15) is 0 Å². The molecule has 0 saturated carbocycles. The Morgan fingerprint density at radius 3 is 2.86 bits per heavy atom. The van der Waals surface area contributed by atoms with Crippen LogP contribution >= 0.6 is 0 Å². The SMILES string of the molecule is O=C(NC1CNCCO1)N1CCCC1. The van der Waals surface area contributed by atoms with Crippen molar-refractivity contribution in [1.29, 1.82) is 0 Å². The van der Waals surface area contributed by atoms with E-state index in [1.807, 2.05) is 4.90 Å². The highest BCUT2D eigenvalue weighted by molar-refractivity contribution is 5.74. The maximum atomic E-state index is 11.6. The minimum atomic E-state index is -0.156. The topological polar surface area (TPSA) is 53.6 Å². The molecule has 1 unspecified atom stereocenters. The van der Waals surface area contributed by atoms with Crippen molar-refractivity contribution in [3.63, 3.8) is 0 Å². The third kappa shape index (κ3) is 2.36. The first kappa shape index (κ1) is 9.73. The van der Waals surface area contributed by atoms with Gasteiger partial charge in [0, 0.05) is 26.2 Å². The lowest BCUT2D eigenvalue weighted by Crippen LogP contribution is -2.52. The number of hydrogen-bond acceptors (Lipinski definition) is 3. The minimum absolute atomic E-state index is 0.0104. The van der Waals surface area contributed by atoms with Crippen molar-refractivity contribution >= 4 is 6.03 Å². The zero-order valence-electron chi connectivity index (χ0n) is 8.29. The molecule has 2 aliphatic heterocycles. The van der Waals surface area contributed by atoms with E-state index in [1.54, 1.807) is 0 Å². The zero-order chi connectivity index (χ0) is 9.80. The molecule has 2 heterocycles. The summed E-state index contributed by atoms with van der Waals surface area (Å²) in [7, 11) is 0. The number of likely N-dealkylation sites (tertiary alicyclic amines) is 1. The zero-order valence-corrected chi connectivity index (χ0v) is 8.29. The molecule has 14 heavy (non-hydrogen) atoms. The van der Waals surface area contributed by atoms with Crippen LogP contribution in [-0.4, -0.2) is 49.9 Å². The molecule has 0 spiro atoms. The number of urea groups is 1. The van der Waals surface area contributed by atoms with Gasteiger partial charge in [0.2, 0.25) is 0 Å². The number of nitrogens with zero attached hydrogens (tertiary/aromatic N) is 1. The number of morpholine rings is 1. The second-order valence-corrected chi connectivity index (χ2v) is 3.71. The van der Waals surface area contributed by atoms with Gasteiger partial charge in [0.05, 0.1) is 6.61 Å². The van der Waals surface area contributed by atoms with Crippen LogP contribution in [0.2, 0.25) is 0 Å². The summed E-state index contributed by atoms with van der Waals surface area (Å²) in [4.78, 5) is 13.5. The summed E-state index contributed by atoms with van der Waals surface area (Å²) in [6.45, 7) is 4.01. The van der Waals surface area contributed by atoms with Gasteiger partial charge in [0.25, 0.3) is 0 Å². The number of amides is 2. The van der Waals surface area contributed by atoms with E-state index in [4.69, 9.17) is 4.74 Å². The van der Waals surface area contributed by atoms with Crippen LogP contribution in [0.15, 0.2) is 0 Å². The Morgan fingerprint density at radius 1 is 1.43 bits per heavy atom. The number of carbonyl (C=O) groups is 1. The molecule has 0 aromatic rings. The molecule has 0 radical (unpaired) electrons. The van der Waals surface area contributed by atoms with Crippen LogP contribution in [0.3, 0.4) is 0 Å². The summed E-state index contributed by atoms with van der Waals surface area (Å²) < 4.78 is 5.39. The average molecular weight is 199 g/mol. The number of rotatable bonds is 1. The van der Waals surface area contributed by atoms with E-state index in [9.17, 15) is 4.79 Å². The van der Waals surface area contributed by atoms with Gasteiger partial charge in [-0.05, 0) is 12.8 Å². The second kappa shape index (κ2) is 4.61. The summed E-state index contributed by atoms with van der Waals surface area (Å²) in [6, 6.07) is 0.0104. The normalized spacial score (nSPS) is 27.7. The predicted molar refractivity (Wildman–Crippen MR) is 51.9 cm³/mol. The first-order valence-corrected chi connectivity index (χ1v) is 5.24. The lowest BCUT2D eigenvalue weighted by molar-refractivity contribution is 0.0117. The first-order chi connectivity index (χ1) is 6.86. The maximum Gasteiger partial charge on any atom is 0.319 e. The number of nitrogens with one attached hydrogen (secondary N) is 2. The van der Waals surface area contributed by atoms with Crippen molar-refractivity contribution < 1.29 is 9.53 Å². The fourth-order valence-corrected chi connectivity index (χ4v) is 1.81. The smallest absolute Gasteiger partial charge is 0.319 e. The Bertz CT molecular complexity index is 198. The van der Waals surface area contributed by atoms with E-state index in [1.165, 1.54) is 0 Å². The predicted octanol–water partition coefficient (Wildman–Crippen LogP) is -0.262. The van der Waals surface area contributed by atoms with Crippen molar-refractivity contribution in [3.05, 3.63) is 0 Å². The third-order valence-electron chi connectivity index (χ3n) is 2.61. The summed E-state index contributed by atoms with van der Waals surface area (Å²) >= 11 is 0. The van der Waals surface area contributed by atoms with Crippen LogP contribution in [-0.2, 0) is 4.74 Å². The minimum Gasteiger partial charge on any atom is -0.356 e. The van der Waals surface area contributed by atoms with Crippen LogP contribution in [0.1, 0.15) is 12.8 Å². The van der Waals surface area contributed by atoms with E-state index >= 15 is 0 Å². The van der Waals surface area contributed by atoms with Gasteiger partial charge in [-0.15, -0.1) is 0 Å². The number of ether oxygens (including phenoxy) is 1. The van der Waals surface area contributed by atoms with Crippen LogP contribution in [0.5, 0.6) is 0 Å². The highest BCUT2D eigenvalue weighted by Gasteiger charge is 2.21. The molecule has 80 valence electrons. The van der Waals surface area contributed by atoms with E-state index in [2.05, 4.69) is 10.6 Å². The molecule has 0 bridgehead atoms. The van der Waals surface area contributed by atoms with Crippen molar-refractivity contribution in [2.75, 3.05) is 32.8 Å². The van der Waals surface area contributed by atoms with E-state index in [-0.39, 0.29) is 12.3 Å². The van der Waals surface area contributed by atoms with Gasteiger partial charge >= 0.3 is 6.03 Å². The lowest BCUT2D eigenvalue weighted by Gasteiger charge is -2.26. The van der Waals surface area contributed by atoms with E-state index in [0.717, 1.165) is 32.5 Å². The quantitative estimate of drug-likeness (QED) is 0.611. The molecule has 0 aromatic heterocycles. The van der Waals surface area contributed by atoms with Gasteiger partial charge < -0.3 is 20.3 Å². The Balaban J connectivity index is 1.75. The summed E-state index contributed by atoms with van der Waals surface area (Å²) in [6.07, 6.45) is 2.09. The van der Waals surface area contributed by atoms with Crippen LogP contribution in [0, 0.1) is 0 Å². The van der Waals surface area contributed by atoms with Gasteiger partial charge in [0.1, 0.15) is 6.23 Å². The fraction of sp³-hybridized carbons (Fsp3) is 0.889. The number of hydrogen-bond donors (Lipinski definition) is 2. The summed E-state index contributed by atoms with van der Waals surface area (Å²) in [5.41, 5.74) is 0. The van der Waals surface area contributed by atoms with Gasteiger partial charge in [-0.1, -0.05) is 0 Å². The molecule has 2 rings (SSSR count). The molecular weight excluding hydrogens is 182 g/mol. The van der Waals surface area contributed by atoms with Crippen molar-refractivity contribution in [1.82, 2.24) is 15.5 Å². The maximum absolute atomic E-state index is 11.6. The molecule has 5 nitrogen and oxygen atoms in total. The monoisotopic (exact) mass is 199 g/mol. The molecule has 2 saturated heterocycles. The lowest BCUT2D eigenvalue weighted by atomic mass is 10.4. The fourth-order valence-electron chi connectivity index (χ4n) is 1.81. The highest BCUT2D eigenvalue weighted by Crippen LogP contribution is 2.07. The van der Waals surface area contributed by atoms with E-state index in [0.29, 0.717) is 13.2 Å². The molecule has 0 aliphatic carbocycles. The highest BCUT2D eigenvalue weighted by atomic mass is 16.5. The third-order valence-corrected chi connectivity index (χ3v) is 2.61. The standard InChI is InChI=1S/C9H17N3O2/c13-9(12-4-1-2-5-12)11-8-7-10-3-6-14-8/h8,10H,1-7H2,(H,11,13). The molecule has 5 heteroatoms. The second-order valence-electron chi connectivity index (χ2n) is 3.71. The van der Waals surface area contributed by atoms with Gasteiger partial charge in [-0.25, -0.2) is 4.79 Å². The van der Waals surface area contributed by atoms with Crippen LogP contribution in [0.25, 0.3) is 0 Å². The molecule has 2 aliphatic rings. The first-order valence-electron chi connectivity index (χ1n) is 5.24. The van der Waals surface area contributed by atoms with Crippen molar-refractivity contribution in [2.24, 2.45) is 0 Å².